The molecular weight excluding hydrogens is 339 g/mol. The second kappa shape index (κ2) is 4.68. The molecule has 0 fully saturated rings. The van der Waals surface area contributed by atoms with Crippen LogP contribution in [0.4, 0.5) is 4.39 Å². The molecule has 0 saturated heterocycles. The van der Waals surface area contributed by atoms with E-state index in [-0.39, 0.29) is 11.4 Å². The van der Waals surface area contributed by atoms with E-state index in [0.717, 1.165) is 12.1 Å². The van der Waals surface area contributed by atoms with Crippen LogP contribution in [0.1, 0.15) is 13.3 Å². The molecule has 1 aliphatic rings. The summed E-state index contributed by atoms with van der Waals surface area (Å²) in [6, 6.07) is 2.07. The molecule has 0 radical (unpaired) electrons. The molecule has 0 amide bonds. The van der Waals surface area contributed by atoms with Gasteiger partial charge in [0.25, 0.3) is 5.56 Å². The molecule has 0 aromatic carbocycles. The fourth-order valence-electron chi connectivity index (χ4n) is 1.62. The van der Waals surface area contributed by atoms with Crippen molar-refractivity contribution in [3.63, 3.8) is 0 Å². The van der Waals surface area contributed by atoms with Crippen molar-refractivity contribution >= 4 is 25.8 Å². The van der Waals surface area contributed by atoms with Crippen LogP contribution in [0.3, 0.4) is 0 Å². The van der Waals surface area contributed by atoms with Gasteiger partial charge in [0.05, 0.1) is 0 Å². The van der Waals surface area contributed by atoms with Gasteiger partial charge in [-0.3, -0.25) is 4.79 Å². The van der Waals surface area contributed by atoms with Crippen LogP contribution in [0.5, 0.6) is 0 Å². The third-order valence-corrected chi connectivity index (χ3v) is 4.83. The Kier molecular flexibility index (Phi) is 3.48. The Labute approximate surface area is 117 Å². The molecule has 0 aliphatic heterocycles. The van der Waals surface area contributed by atoms with E-state index in [0.29, 0.717) is 0 Å². The van der Waals surface area contributed by atoms with Crippen LogP contribution in [0.2, 0.25) is 0 Å². The number of nitrogens with one attached hydrogen (secondary N) is 1. The van der Waals surface area contributed by atoms with Crippen molar-refractivity contribution in [1.29, 1.82) is 0 Å². The highest BCUT2D eigenvalue weighted by Gasteiger charge is 2.32. The molecule has 0 saturated carbocycles. The second-order valence-electron chi connectivity index (χ2n) is 4.32. The zero-order valence-corrected chi connectivity index (χ0v) is 12.3. The molecule has 1 aliphatic carbocycles. The van der Waals surface area contributed by atoms with Crippen LogP contribution in [-0.4, -0.2) is 22.9 Å². The smallest absolute Gasteiger partial charge is 0.264 e. The summed E-state index contributed by atoms with van der Waals surface area (Å²) in [7, 11) is -4.06. The third kappa shape index (κ3) is 2.84. The maximum absolute atomic E-state index is 13.9. The van der Waals surface area contributed by atoms with Crippen LogP contribution in [0.15, 0.2) is 44.8 Å². The van der Waals surface area contributed by atoms with Crippen LogP contribution in [-0.2, 0) is 9.84 Å². The van der Waals surface area contributed by atoms with Gasteiger partial charge in [0, 0.05) is 16.8 Å². The summed E-state index contributed by atoms with van der Waals surface area (Å²) < 4.78 is 37.7. The van der Waals surface area contributed by atoms with E-state index in [4.69, 9.17) is 0 Å². The molecule has 2 rings (SSSR count). The van der Waals surface area contributed by atoms with Crippen molar-refractivity contribution in [2.24, 2.45) is 0 Å². The Bertz CT molecular complexity index is 714. The highest BCUT2D eigenvalue weighted by Crippen LogP contribution is 2.37. The van der Waals surface area contributed by atoms with E-state index < -0.39 is 30.5 Å². The van der Waals surface area contributed by atoms with Crippen molar-refractivity contribution in [2.75, 3.05) is 0 Å². The average molecular weight is 349 g/mol. The Morgan fingerprint density at radius 3 is 2.68 bits per heavy atom. The minimum absolute atomic E-state index is 0.0680. The lowest BCUT2D eigenvalue weighted by molar-refractivity contribution is 0.548. The number of alkyl halides is 1. The molecule has 1 aromatic heterocycles. The molecule has 0 spiro atoms. The van der Waals surface area contributed by atoms with Gasteiger partial charge >= 0.3 is 0 Å². The Morgan fingerprint density at radius 2 is 2.16 bits per heavy atom. The number of hydrogen-bond donors (Lipinski definition) is 1. The Morgan fingerprint density at radius 1 is 1.47 bits per heavy atom. The maximum atomic E-state index is 13.9. The van der Waals surface area contributed by atoms with Gasteiger partial charge in [-0.15, -0.1) is 0 Å². The number of nitrogens with zero attached hydrogens (tertiary/aromatic N) is 1. The van der Waals surface area contributed by atoms with Gasteiger partial charge in [-0.1, -0.05) is 22.0 Å². The standard InChI is InChI=1S/C11H10BrFN2O3S/c1-11(12)5-4-8(7(13)6-11)19(17,18)10-3-2-9(16)14-15-10/h2-5H,6H2,1H3,(H,14,16). The minimum atomic E-state index is -4.06. The predicted octanol–water partition coefficient (Wildman–Crippen LogP) is 1.84. The molecule has 0 bridgehead atoms. The number of allylic oxidation sites excluding steroid dienone is 3. The highest BCUT2D eigenvalue weighted by molar-refractivity contribution is 9.10. The van der Waals surface area contributed by atoms with Crippen molar-refractivity contribution in [3.05, 3.63) is 45.4 Å². The molecule has 1 atom stereocenters. The number of rotatable bonds is 2. The number of sulfone groups is 1. The number of hydrogen-bond acceptors (Lipinski definition) is 4. The van der Waals surface area contributed by atoms with E-state index in [2.05, 4.69) is 21.0 Å². The first kappa shape index (κ1) is 14.1. The Hall–Kier alpha value is -1.28. The normalized spacial score (nSPS) is 23.7. The van der Waals surface area contributed by atoms with E-state index >= 15 is 0 Å². The number of halogens is 2. The first-order valence-electron chi connectivity index (χ1n) is 5.30. The number of aromatic amines is 1. The van der Waals surface area contributed by atoms with Crippen LogP contribution < -0.4 is 5.56 Å². The fraction of sp³-hybridized carbons (Fsp3) is 0.273. The highest BCUT2D eigenvalue weighted by atomic mass is 79.9. The van der Waals surface area contributed by atoms with Crippen molar-refractivity contribution in [2.45, 2.75) is 22.7 Å². The maximum Gasteiger partial charge on any atom is 0.264 e. The van der Waals surface area contributed by atoms with E-state index in [1.54, 1.807) is 13.0 Å². The average Bonchev–Trinajstić information content (AvgIpc) is 2.27. The zero-order chi connectivity index (χ0) is 14.3. The topological polar surface area (TPSA) is 79.9 Å². The molecule has 102 valence electrons. The molecule has 19 heavy (non-hydrogen) atoms. The summed E-state index contributed by atoms with van der Waals surface area (Å²) in [6.45, 7) is 1.73. The third-order valence-electron chi connectivity index (χ3n) is 2.57. The van der Waals surface area contributed by atoms with Crippen LogP contribution >= 0.6 is 15.9 Å². The molecule has 5 nitrogen and oxygen atoms in total. The summed E-state index contributed by atoms with van der Waals surface area (Å²) in [5.41, 5.74) is -0.527. The molecule has 1 N–H and O–H groups in total. The van der Waals surface area contributed by atoms with Gasteiger partial charge < -0.3 is 0 Å². The minimum Gasteiger partial charge on any atom is -0.268 e. The van der Waals surface area contributed by atoms with E-state index in [9.17, 15) is 17.6 Å². The zero-order valence-electron chi connectivity index (χ0n) is 9.85. The van der Waals surface area contributed by atoms with E-state index in [1.165, 1.54) is 6.08 Å². The lowest BCUT2D eigenvalue weighted by atomic mass is 10.0. The van der Waals surface area contributed by atoms with Gasteiger partial charge in [0.2, 0.25) is 9.84 Å². The SMILES string of the molecule is CC1(Br)C=CC(S(=O)(=O)c2ccc(=O)[nH]n2)=C(F)C1. The fourth-order valence-corrected chi connectivity index (χ4v) is 3.25. The molecular formula is C11H10BrFN2O3S. The monoisotopic (exact) mass is 348 g/mol. The predicted molar refractivity (Wildman–Crippen MR) is 71.3 cm³/mol. The summed E-state index contributed by atoms with van der Waals surface area (Å²) in [6.07, 6.45) is 2.70. The molecule has 1 unspecified atom stereocenters. The molecule has 1 heterocycles. The first-order chi connectivity index (χ1) is 8.72. The quantitative estimate of drug-likeness (QED) is 0.827. The first-order valence-corrected chi connectivity index (χ1v) is 7.58. The number of aromatic nitrogens is 2. The van der Waals surface area contributed by atoms with Crippen LogP contribution in [0.25, 0.3) is 0 Å². The van der Waals surface area contributed by atoms with Gasteiger partial charge in [-0.05, 0) is 19.1 Å². The Balaban J connectivity index is 2.50. The second-order valence-corrected chi connectivity index (χ2v) is 8.00. The number of H-pyrrole nitrogens is 1. The molecule has 1 aromatic rings. The van der Waals surface area contributed by atoms with Crippen molar-refractivity contribution < 1.29 is 12.8 Å². The summed E-state index contributed by atoms with van der Waals surface area (Å²) in [4.78, 5) is 10.4. The van der Waals surface area contributed by atoms with Gasteiger partial charge in [0.1, 0.15) is 10.7 Å². The largest absolute Gasteiger partial charge is 0.268 e. The van der Waals surface area contributed by atoms with Crippen LogP contribution in [0, 0.1) is 0 Å². The summed E-state index contributed by atoms with van der Waals surface area (Å²) in [5.74, 6) is -0.741. The summed E-state index contributed by atoms with van der Waals surface area (Å²) in [5, 5.41) is 5.05. The van der Waals surface area contributed by atoms with Gasteiger partial charge in [0.15, 0.2) is 5.03 Å². The van der Waals surface area contributed by atoms with E-state index in [1.807, 2.05) is 5.10 Å². The van der Waals surface area contributed by atoms with Crippen molar-refractivity contribution in [3.8, 4) is 0 Å². The van der Waals surface area contributed by atoms with Gasteiger partial charge in [-0.25, -0.2) is 17.9 Å². The van der Waals surface area contributed by atoms with Crippen molar-refractivity contribution in [1.82, 2.24) is 10.2 Å². The lowest BCUT2D eigenvalue weighted by Gasteiger charge is -2.22. The summed E-state index contributed by atoms with van der Waals surface area (Å²) >= 11 is 3.27. The lowest BCUT2D eigenvalue weighted by Crippen LogP contribution is -2.20. The molecule has 8 heteroatoms. The van der Waals surface area contributed by atoms with Gasteiger partial charge in [-0.2, -0.15) is 5.10 Å².